The summed E-state index contributed by atoms with van der Waals surface area (Å²) in [4.78, 5) is 0. The predicted molar refractivity (Wildman–Crippen MR) is 69.1 cm³/mol. The van der Waals surface area contributed by atoms with Crippen molar-refractivity contribution in [2.24, 2.45) is 0 Å². The molecule has 0 aromatic heterocycles. The maximum atomic E-state index is 12.3. The van der Waals surface area contributed by atoms with E-state index in [2.05, 4.69) is 5.32 Å². The summed E-state index contributed by atoms with van der Waals surface area (Å²) < 4.78 is 26.1. The molecule has 16 heavy (non-hydrogen) atoms. The Labute approximate surface area is 100 Å². The fourth-order valence-electron chi connectivity index (χ4n) is 1.58. The summed E-state index contributed by atoms with van der Waals surface area (Å²) in [6.45, 7) is 11.5. The molecule has 0 saturated heterocycles. The molecule has 0 aromatic rings. The molecule has 1 N–H and O–H groups in total. The normalized spacial score (nSPS) is 14.7. The maximum absolute atomic E-state index is 12.3. The van der Waals surface area contributed by atoms with Crippen LogP contribution >= 0.6 is 0 Å². The first kappa shape index (κ1) is 15.9. The lowest BCUT2D eigenvalue weighted by Crippen LogP contribution is -2.45. The van der Waals surface area contributed by atoms with E-state index in [0.29, 0.717) is 13.1 Å². The first-order valence-corrected chi connectivity index (χ1v) is 7.59. The van der Waals surface area contributed by atoms with Gasteiger partial charge in [0.2, 0.25) is 10.0 Å². The van der Waals surface area contributed by atoms with Gasteiger partial charge in [-0.3, -0.25) is 0 Å². The molecule has 4 nitrogen and oxygen atoms in total. The summed E-state index contributed by atoms with van der Waals surface area (Å²) in [5.74, 6) is 0. The van der Waals surface area contributed by atoms with E-state index >= 15 is 0 Å². The second kappa shape index (κ2) is 7.25. The minimum Gasteiger partial charge on any atom is -0.316 e. The van der Waals surface area contributed by atoms with Gasteiger partial charge >= 0.3 is 0 Å². The molecule has 0 aliphatic carbocycles. The molecule has 5 heteroatoms. The molecule has 0 aliphatic rings. The highest BCUT2D eigenvalue weighted by Crippen LogP contribution is 2.13. The predicted octanol–water partition coefficient (Wildman–Crippen LogP) is 1.43. The van der Waals surface area contributed by atoms with E-state index in [1.54, 1.807) is 11.2 Å². The lowest BCUT2D eigenvalue weighted by molar-refractivity contribution is 0.349. The summed E-state index contributed by atoms with van der Waals surface area (Å²) in [5.41, 5.74) is 0. The van der Waals surface area contributed by atoms with Crippen molar-refractivity contribution in [2.45, 2.75) is 52.3 Å². The average Bonchev–Trinajstić information content (AvgIpc) is 2.21. The quantitative estimate of drug-likeness (QED) is 0.709. The van der Waals surface area contributed by atoms with Crippen LogP contribution in [0.3, 0.4) is 0 Å². The number of nitrogens with one attached hydrogen (secondary N) is 1. The van der Waals surface area contributed by atoms with Crippen LogP contribution in [0.5, 0.6) is 0 Å². The van der Waals surface area contributed by atoms with Gasteiger partial charge in [-0.25, -0.2) is 8.42 Å². The Morgan fingerprint density at radius 1 is 1.19 bits per heavy atom. The zero-order valence-electron chi connectivity index (χ0n) is 11.2. The van der Waals surface area contributed by atoms with Crippen molar-refractivity contribution in [3.05, 3.63) is 0 Å². The van der Waals surface area contributed by atoms with Crippen molar-refractivity contribution < 1.29 is 8.42 Å². The Hall–Kier alpha value is -0.130. The Morgan fingerprint density at radius 2 is 1.75 bits per heavy atom. The third kappa shape index (κ3) is 4.39. The number of sulfonamides is 1. The molecule has 0 radical (unpaired) electrons. The van der Waals surface area contributed by atoms with Crippen molar-refractivity contribution in [1.82, 2.24) is 9.62 Å². The number of hydrogen-bond acceptors (Lipinski definition) is 3. The molecule has 0 bridgehead atoms. The summed E-state index contributed by atoms with van der Waals surface area (Å²) in [6, 6.07) is 0.0361. The number of rotatable bonds is 8. The van der Waals surface area contributed by atoms with E-state index < -0.39 is 10.0 Å². The van der Waals surface area contributed by atoms with Gasteiger partial charge < -0.3 is 5.32 Å². The Balaban J connectivity index is 4.70. The van der Waals surface area contributed by atoms with Crippen LogP contribution in [0.15, 0.2) is 0 Å². The molecule has 0 saturated carbocycles. The summed E-state index contributed by atoms with van der Waals surface area (Å²) in [5, 5.41) is 2.72. The molecule has 0 heterocycles. The molecule has 0 amide bonds. The van der Waals surface area contributed by atoms with Crippen LogP contribution < -0.4 is 5.32 Å². The van der Waals surface area contributed by atoms with Gasteiger partial charge in [0.1, 0.15) is 0 Å². The fourth-order valence-corrected chi connectivity index (χ4v) is 3.40. The third-order valence-corrected chi connectivity index (χ3v) is 4.98. The minimum atomic E-state index is -3.16. The number of nitrogens with zero attached hydrogens (tertiary/aromatic N) is 1. The van der Waals surface area contributed by atoms with Gasteiger partial charge in [-0.1, -0.05) is 13.8 Å². The molecule has 0 aliphatic heterocycles. The highest BCUT2D eigenvalue weighted by Gasteiger charge is 2.29. The molecule has 0 fully saturated rings. The van der Waals surface area contributed by atoms with Gasteiger partial charge in [-0.15, -0.1) is 0 Å². The van der Waals surface area contributed by atoms with Crippen molar-refractivity contribution in [2.75, 3.05) is 19.6 Å². The monoisotopic (exact) mass is 250 g/mol. The largest absolute Gasteiger partial charge is 0.316 e. The summed E-state index contributed by atoms with van der Waals surface area (Å²) >= 11 is 0. The van der Waals surface area contributed by atoms with Crippen LogP contribution in [0.4, 0.5) is 0 Å². The summed E-state index contributed by atoms with van der Waals surface area (Å²) in [7, 11) is -3.16. The molecule has 98 valence electrons. The minimum absolute atomic E-state index is 0.0361. The molecule has 1 atom stereocenters. The summed E-state index contributed by atoms with van der Waals surface area (Å²) in [6.07, 6.45) is 0.853. The second-order valence-electron chi connectivity index (χ2n) is 4.37. The lowest BCUT2D eigenvalue weighted by Gasteiger charge is -2.28. The van der Waals surface area contributed by atoms with E-state index in [9.17, 15) is 8.42 Å². The zero-order valence-corrected chi connectivity index (χ0v) is 12.0. The van der Waals surface area contributed by atoms with E-state index in [-0.39, 0.29) is 11.3 Å². The molecule has 0 rings (SSSR count). The Bertz CT molecular complexity index is 276. The smallest absolute Gasteiger partial charge is 0.218 e. The number of hydrogen-bond donors (Lipinski definition) is 1. The average molecular weight is 250 g/mol. The van der Waals surface area contributed by atoms with E-state index in [1.807, 2.05) is 27.7 Å². The van der Waals surface area contributed by atoms with Gasteiger partial charge in [0, 0.05) is 19.1 Å². The highest BCUT2D eigenvalue weighted by atomic mass is 32.2. The van der Waals surface area contributed by atoms with Gasteiger partial charge in [-0.05, 0) is 33.7 Å². The molecular formula is C11H26N2O2S. The third-order valence-electron chi connectivity index (χ3n) is 2.54. The first-order valence-electron chi connectivity index (χ1n) is 6.09. The van der Waals surface area contributed by atoms with Crippen molar-refractivity contribution in [3.8, 4) is 0 Å². The molecule has 0 spiro atoms. The maximum Gasteiger partial charge on any atom is 0.218 e. The Morgan fingerprint density at radius 3 is 2.12 bits per heavy atom. The van der Waals surface area contributed by atoms with Gasteiger partial charge in [0.25, 0.3) is 0 Å². The van der Waals surface area contributed by atoms with Crippen LogP contribution in [0.2, 0.25) is 0 Å². The van der Waals surface area contributed by atoms with E-state index in [1.165, 1.54) is 0 Å². The van der Waals surface area contributed by atoms with Crippen LogP contribution in [0.25, 0.3) is 0 Å². The molecule has 0 aromatic carbocycles. The van der Waals surface area contributed by atoms with Gasteiger partial charge in [0.15, 0.2) is 0 Å². The van der Waals surface area contributed by atoms with Crippen LogP contribution in [0, 0.1) is 0 Å². The van der Waals surface area contributed by atoms with Gasteiger partial charge in [-0.2, -0.15) is 4.31 Å². The molecule has 1 unspecified atom stereocenters. The Kier molecular flexibility index (Phi) is 7.19. The first-order chi connectivity index (χ1) is 7.37. The topological polar surface area (TPSA) is 49.4 Å². The van der Waals surface area contributed by atoms with Crippen LogP contribution in [-0.4, -0.2) is 43.6 Å². The van der Waals surface area contributed by atoms with Gasteiger partial charge in [0.05, 0.1) is 5.25 Å². The van der Waals surface area contributed by atoms with Crippen LogP contribution in [-0.2, 0) is 10.0 Å². The van der Waals surface area contributed by atoms with Crippen molar-refractivity contribution in [3.63, 3.8) is 0 Å². The van der Waals surface area contributed by atoms with E-state index in [0.717, 1.165) is 13.0 Å². The van der Waals surface area contributed by atoms with E-state index in [4.69, 9.17) is 0 Å². The highest BCUT2D eigenvalue weighted by molar-refractivity contribution is 7.89. The SMILES string of the molecule is CCCN(C(C)C)S(=O)(=O)C(C)CNCC. The zero-order chi connectivity index (χ0) is 12.8. The van der Waals surface area contributed by atoms with Crippen LogP contribution in [0.1, 0.15) is 41.0 Å². The van der Waals surface area contributed by atoms with Crippen molar-refractivity contribution in [1.29, 1.82) is 0 Å². The standard InChI is InChI=1S/C11H26N2O2S/c1-6-8-13(10(3)4)16(14,15)11(5)9-12-7-2/h10-12H,6-9H2,1-5H3. The fraction of sp³-hybridized carbons (Fsp3) is 1.00. The molecular weight excluding hydrogens is 224 g/mol. The van der Waals surface area contributed by atoms with Crippen molar-refractivity contribution >= 4 is 10.0 Å². The lowest BCUT2D eigenvalue weighted by atomic mass is 10.4. The second-order valence-corrected chi connectivity index (χ2v) is 6.67.